The quantitative estimate of drug-likeness (QED) is 0.845. The van der Waals surface area contributed by atoms with Crippen LogP contribution in [0.3, 0.4) is 0 Å². The first kappa shape index (κ1) is 20.2. The van der Waals surface area contributed by atoms with E-state index in [1.165, 1.54) is 0 Å². The highest BCUT2D eigenvalue weighted by atomic mass is 16.6. The van der Waals surface area contributed by atoms with E-state index in [0.717, 1.165) is 24.8 Å². The molecule has 1 aromatic rings. The van der Waals surface area contributed by atoms with Gasteiger partial charge in [-0.15, -0.1) is 0 Å². The number of nitrogens with zero attached hydrogens (tertiary/aromatic N) is 2. The summed E-state index contributed by atoms with van der Waals surface area (Å²) in [4.78, 5) is 28.6. The number of hydrogen-bond donors (Lipinski definition) is 1. The summed E-state index contributed by atoms with van der Waals surface area (Å²) in [5.41, 5.74) is 6.75. The topological polar surface area (TPSA) is 75.9 Å². The standard InChI is InChI=1S/C20H31N3O3/c1-15(2)23(19(24)16(3)21)13-18-11-7-8-12-22(18)20(25)26-14-17-9-5-4-6-10-17/h4-6,9-10,15-16,18H,7-8,11-14,21H2,1-3H3/t16-,18-/m0/s1. The number of rotatable bonds is 6. The predicted molar refractivity (Wildman–Crippen MR) is 101 cm³/mol. The second-order valence-corrected chi connectivity index (χ2v) is 7.26. The zero-order chi connectivity index (χ0) is 19.1. The number of ether oxygens (including phenoxy) is 1. The van der Waals surface area contributed by atoms with Gasteiger partial charge < -0.3 is 20.3 Å². The molecule has 0 aliphatic carbocycles. The lowest BCUT2D eigenvalue weighted by Gasteiger charge is -2.39. The fourth-order valence-corrected chi connectivity index (χ4v) is 3.28. The third-order valence-electron chi connectivity index (χ3n) is 4.77. The second kappa shape index (κ2) is 9.57. The van der Waals surface area contributed by atoms with Crippen LogP contribution in [0.25, 0.3) is 0 Å². The summed E-state index contributed by atoms with van der Waals surface area (Å²) in [6, 6.07) is 9.11. The van der Waals surface area contributed by atoms with Crippen LogP contribution in [0, 0.1) is 0 Å². The maximum absolute atomic E-state index is 12.6. The van der Waals surface area contributed by atoms with Crippen molar-refractivity contribution in [3.63, 3.8) is 0 Å². The number of carbonyl (C=O) groups is 2. The SMILES string of the molecule is CC(C)N(C[C@@H]1CCCCN1C(=O)OCc1ccccc1)C(=O)[C@H](C)N. The molecule has 2 amide bonds. The van der Waals surface area contributed by atoms with Crippen molar-refractivity contribution in [3.05, 3.63) is 35.9 Å². The molecule has 6 nitrogen and oxygen atoms in total. The Bertz CT molecular complexity index is 589. The van der Waals surface area contributed by atoms with E-state index in [-0.39, 0.29) is 30.7 Å². The molecule has 0 saturated carbocycles. The molecule has 1 aromatic carbocycles. The van der Waals surface area contributed by atoms with E-state index in [4.69, 9.17) is 10.5 Å². The van der Waals surface area contributed by atoms with Gasteiger partial charge in [-0.1, -0.05) is 30.3 Å². The van der Waals surface area contributed by atoms with Crippen molar-refractivity contribution < 1.29 is 14.3 Å². The Labute approximate surface area is 156 Å². The molecule has 0 unspecified atom stereocenters. The third kappa shape index (κ3) is 5.46. The van der Waals surface area contributed by atoms with Crippen molar-refractivity contribution in [2.75, 3.05) is 13.1 Å². The van der Waals surface area contributed by atoms with E-state index >= 15 is 0 Å². The normalized spacial score (nSPS) is 18.5. The number of likely N-dealkylation sites (tertiary alicyclic amines) is 1. The fraction of sp³-hybridized carbons (Fsp3) is 0.600. The molecule has 2 rings (SSSR count). The molecule has 1 heterocycles. The minimum Gasteiger partial charge on any atom is -0.445 e. The second-order valence-electron chi connectivity index (χ2n) is 7.26. The van der Waals surface area contributed by atoms with Crippen LogP contribution in [-0.4, -0.2) is 53.0 Å². The van der Waals surface area contributed by atoms with E-state index in [0.29, 0.717) is 13.1 Å². The highest BCUT2D eigenvalue weighted by Gasteiger charge is 2.32. The summed E-state index contributed by atoms with van der Waals surface area (Å²) < 4.78 is 5.51. The number of carbonyl (C=O) groups excluding carboxylic acids is 2. The van der Waals surface area contributed by atoms with Gasteiger partial charge in [0, 0.05) is 19.1 Å². The summed E-state index contributed by atoms with van der Waals surface area (Å²) in [5, 5.41) is 0. The number of amides is 2. The lowest BCUT2D eigenvalue weighted by molar-refractivity contribution is -0.135. The zero-order valence-corrected chi connectivity index (χ0v) is 16.1. The molecule has 1 aliphatic heterocycles. The largest absolute Gasteiger partial charge is 0.445 e. The van der Waals surface area contributed by atoms with Gasteiger partial charge in [0.15, 0.2) is 0 Å². The predicted octanol–water partition coefficient (Wildman–Crippen LogP) is 2.76. The molecule has 2 atom stereocenters. The summed E-state index contributed by atoms with van der Waals surface area (Å²) >= 11 is 0. The van der Waals surface area contributed by atoms with Gasteiger partial charge >= 0.3 is 6.09 Å². The van der Waals surface area contributed by atoms with Gasteiger partial charge in [0.05, 0.1) is 12.1 Å². The lowest BCUT2D eigenvalue weighted by Crippen LogP contribution is -2.54. The minimum atomic E-state index is -0.542. The molecule has 1 saturated heterocycles. The molecule has 0 spiro atoms. The Balaban J connectivity index is 2.01. The third-order valence-corrected chi connectivity index (χ3v) is 4.77. The van der Waals surface area contributed by atoms with Crippen LogP contribution in [-0.2, 0) is 16.1 Å². The smallest absolute Gasteiger partial charge is 0.410 e. The molecule has 0 bridgehead atoms. The molecule has 2 N–H and O–H groups in total. The molecule has 1 fully saturated rings. The van der Waals surface area contributed by atoms with Gasteiger partial charge in [-0.05, 0) is 45.6 Å². The number of benzene rings is 1. The number of piperidine rings is 1. The number of nitrogens with two attached hydrogens (primary N) is 1. The fourth-order valence-electron chi connectivity index (χ4n) is 3.28. The van der Waals surface area contributed by atoms with E-state index < -0.39 is 6.04 Å². The Morgan fingerprint density at radius 1 is 1.23 bits per heavy atom. The van der Waals surface area contributed by atoms with E-state index in [1.807, 2.05) is 44.2 Å². The van der Waals surface area contributed by atoms with Crippen LogP contribution < -0.4 is 5.73 Å². The van der Waals surface area contributed by atoms with Gasteiger partial charge in [-0.3, -0.25) is 4.79 Å². The highest BCUT2D eigenvalue weighted by Crippen LogP contribution is 2.21. The molecule has 0 radical (unpaired) electrons. The van der Waals surface area contributed by atoms with E-state index in [2.05, 4.69) is 0 Å². The van der Waals surface area contributed by atoms with Crippen LogP contribution in [0.4, 0.5) is 4.79 Å². The van der Waals surface area contributed by atoms with Crippen molar-refractivity contribution in [1.29, 1.82) is 0 Å². The average Bonchev–Trinajstić information content (AvgIpc) is 2.64. The molecular weight excluding hydrogens is 330 g/mol. The average molecular weight is 361 g/mol. The van der Waals surface area contributed by atoms with E-state index in [1.54, 1.807) is 16.7 Å². The summed E-state index contributed by atoms with van der Waals surface area (Å²) in [5.74, 6) is -0.0804. The first-order valence-corrected chi connectivity index (χ1v) is 9.43. The van der Waals surface area contributed by atoms with Crippen LogP contribution in [0.5, 0.6) is 0 Å². The maximum Gasteiger partial charge on any atom is 0.410 e. The molecule has 26 heavy (non-hydrogen) atoms. The van der Waals surface area contributed by atoms with Crippen molar-refractivity contribution >= 4 is 12.0 Å². The van der Waals surface area contributed by atoms with Crippen LogP contribution in [0.15, 0.2) is 30.3 Å². The summed E-state index contributed by atoms with van der Waals surface area (Å²) in [6.45, 7) is 7.07. The summed E-state index contributed by atoms with van der Waals surface area (Å²) in [6.07, 6.45) is 2.57. The molecule has 144 valence electrons. The van der Waals surface area contributed by atoms with Gasteiger partial charge in [-0.2, -0.15) is 0 Å². The van der Waals surface area contributed by atoms with Gasteiger partial charge in [0.1, 0.15) is 6.61 Å². The first-order valence-electron chi connectivity index (χ1n) is 9.43. The van der Waals surface area contributed by atoms with Gasteiger partial charge in [0.2, 0.25) is 5.91 Å². The molecule has 0 aromatic heterocycles. The monoisotopic (exact) mass is 361 g/mol. The Morgan fingerprint density at radius 3 is 2.54 bits per heavy atom. The van der Waals surface area contributed by atoms with Crippen LogP contribution in [0.2, 0.25) is 0 Å². The molecular formula is C20H31N3O3. The van der Waals surface area contributed by atoms with Gasteiger partial charge in [0.25, 0.3) is 0 Å². The van der Waals surface area contributed by atoms with E-state index in [9.17, 15) is 9.59 Å². The zero-order valence-electron chi connectivity index (χ0n) is 16.1. The van der Waals surface area contributed by atoms with Crippen molar-refractivity contribution in [2.45, 2.75) is 64.8 Å². The number of hydrogen-bond acceptors (Lipinski definition) is 4. The summed E-state index contributed by atoms with van der Waals surface area (Å²) in [7, 11) is 0. The van der Waals surface area contributed by atoms with Crippen LogP contribution >= 0.6 is 0 Å². The molecule has 1 aliphatic rings. The highest BCUT2D eigenvalue weighted by molar-refractivity contribution is 5.81. The van der Waals surface area contributed by atoms with Gasteiger partial charge in [-0.25, -0.2) is 4.79 Å². The Hall–Kier alpha value is -2.08. The minimum absolute atomic E-state index is 0.0304. The first-order chi connectivity index (χ1) is 12.4. The van der Waals surface area contributed by atoms with Crippen molar-refractivity contribution in [2.24, 2.45) is 5.73 Å². The van der Waals surface area contributed by atoms with Crippen molar-refractivity contribution in [1.82, 2.24) is 9.80 Å². The lowest BCUT2D eigenvalue weighted by atomic mass is 10.0. The van der Waals surface area contributed by atoms with Crippen molar-refractivity contribution in [3.8, 4) is 0 Å². The Kier molecular flexibility index (Phi) is 7.45. The van der Waals surface area contributed by atoms with Crippen LogP contribution in [0.1, 0.15) is 45.6 Å². The maximum atomic E-state index is 12.6. The molecule has 6 heteroatoms. The Morgan fingerprint density at radius 2 is 1.92 bits per heavy atom.